The highest BCUT2D eigenvalue weighted by atomic mass is 16.4. The standard InChI is InChI=1S/C12H21N3O4/c13-12(19)14-10(16)6-8-15-7-4-2-1-3-5-9(15)11(17)18/h9H,1-8H2,(H,17,18)(H3,13,14,16,19). The van der Waals surface area contributed by atoms with E-state index in [4.69, 9.17) is 5.73 Å². The topological polar surface area (TPSA) is 113 Å². The number of amides is 3. The first-order chi connectivity index (χ1) is 9.00. The number of imide groups is 1. The number of hydrogen-bond acceptors (Lipinski definition) is 4. The second kappa shape index (κ2) is 7.73. The quantitative estimate of drug-likeness (QED) is 0.680. The molecule has 1 rings (SSSR count). The van der Waals surface area contributed by atoms with Crippen molar-refractivity contribution in [3.63, 3.8) is 0 Å². The summed E-state index contributed by atoms with van der Waals surface area (Å²) >= 11 is 0. The lowest BCUT2D eigenvalue weighted by molar-refractivity contribution is -0.144. The van der Waals surface area contributed by atoms with Crippen LogP contribution >= 0.6 is 0 Å². The SMILES string of the molecule is NC(=O)NC(=O)CCN1CCCCCCC1C(=O)O. The molecule has 0 bridgehead atoms. The molecule has 1 aliphatic heterocycles. The van der Waals surface area contributed by atoms with Gasteiger partial charge in [0.1, 0.15) is 6.04 Å². The molecule has 1 atom stereocenters. The van der Waals surface area contributed by atoms with Gasteiger partial charge in [-0.3, -0.25) is 19.8 Å². The number of nitrogens with zero attached hydrogens (tertiary/aromatic N) is 1. The molecular formula is C12H21N3O4. The predicted octanol–water partition coefficient (Wildman–Crippen LogP) is 0.291. The third-order valence-corrected chi connectivity index (χ3v) is 3.29. The number of likely N-dealkylation sites (tertiary alicyclic amines) is 1. The monoisotopic (exact) mass is 271 g/mol. The molecule has 0 aromatic heterocycles. The van der Waals surface area contributed by atoms with Gasteiger partial charge < -0.3 is 10.8 Å². The third-order valence-electron chi connectivity index (χ3n) is 3.29. The van der Waals surface area contributed by atoms with Crippen LogP contribution in [-0.4, -0.2) is 47.0 Å². The number of carboxylic acid groups (broad SMARTS) is 1. The Labute approximate surface area is 112 Å². The van der Waals surface area contributed by atoms with Gasteiger partial charge in [0, 0.05) is 13.0 Å². The van der Waals surface area contributed by atoms with Crippen molar-refractivity contribution in [2.75, 3.05) is 13.1 Å². The Morgan fingerprint density at radius 3 is 2.53 bits per heavy atom. The fraction of sp³-hybridized carbons (Fsp3) is 0.750. The van der Waals surface area contributed by atoms with Crippen LogP contribution in [0.5, 0.6) is 0 Å². The summed E-state index contributed by atoms with van der Waals surface area (Å²) in [7, 11) is 0. The summed E-state index contributed by atoms with van der Waals surface area (Å²) in [6.07, 6.45) is 4.64. The van der Waals surface area contributed by atoms with Crippen molar-refractivity contribution in [1.82, 2.24) is 10.2 Å². The normalized spacial score (nSPS) is 21.2. The van der Waals surface area contributed by atoms with E-state index in [1.165, 1.54) is 0 Å². The molecule has 1 aliphatic rings. The first-order valence-corrected chi connectivity index (χ1v) is 6.57. The first-order valence-electron chi connectivity index (χ1n) is 6.57. The van der Waals surface area contributed by atoms with Crippen molar-refractivity contribution < 1.29 is 19.5 Å². The number of urea groups is 1. The number of carbonyl (C=O) groups is 3. The Morgan fingerprint density at radius 2 is 1.89 bits per heavy atom. The van der Waals surface area contributed by atoms with E-state index >= 15 is 0 Å². The molecule has 108 valence electrons. The second-order valence-corrected chi connectivity index (χ2v) is 4.76. The largest absolute Gasteiger partial charge is 0.480 e. The fourth-order valence-electron chi connectivity index (χ4n) is 2.34. The van der Waals surface area contributed by atoms with Crippen molar-refractivity contribution in [2.24, 2.45) is 5.73 Å². The van der Waals surface area contributed by atoms with Crippen molar-refractivity contribution in [1.29, 1.82) is 0 Å². The van der Waals surface area contributed by atoms with Crippen LogP contribution in [0, 0.1) is 0 Å². The Morgan fingerprint density at radius 1 is 1.21 bits per heavy atom. The van der Waals surface area contributed by atoms with E-state index in [1.54, 1.807) is 0 Å². The molecule has 19 heavy (non-hydrogen) atoms. The Balaban J connectivity index is 2.51. The summed E-state index contributed by atoms with van der Waals surface area (Å²) in [5.41, 5.74) is 4.84. The van der Waals surface area contributed by atoms with Gasteiger partial charge in [-0.15, -0.1) is 0 Å². The first kappa shape index (κ1) is 15.4. The zero-order chi connectivity index (χ0) is 14.3. The maximum atomic E-state index is 11.3. The number of hydrogen-bond donors (Lipinski definition) is 3. The molecule has 0 aliphatic carbocycles. The number of rotatable bonds is 4. The predicted molar refractivity (Wildman–Crippen MR) is 68.4 cm³/mol. The van der Waals surface area contributed by atoms with Gasteiger partial charge in [0.15, 0.2) is 0 Å². The number of carbonyl (C=O) groups excluding carboxylic acids is 2. The molecular weight excluding hydrogens is 250 g/mol. The van der Waals surface area contributed by atoms with E-state index in [9.17, 15) is 19.5 Å². The molecule has 0 aromatic carbocycles. The number of primary amides is 1. The summed E-state index contributed by atoms with van der Waals surface area (Å²) in [4.78, 5) is 34.9. The average molecular weight is 271 g/mol. The van der Waals surface area contributed by atoms with Gasteiger partial charge in [-0.2, -0.15) is 0 Å². The zero-order valence-corrected chi connectivity index (χ0v) is 10.9. The van der Waals surface area contributed by atoms with Gasteiger partial charge in [-0.05, 0) is 19.4 Å². The van der Waals surface area contributed by atoms with Crippen LogP contribution in [0.3, 0.4) is 0 Å². The molecule has 3 amide bonds. The molecule has 7 nitrogen and oxygen atoms in total. The van der Waals surface area contributed by atoms with E-state index in [0.29, 0.717) is 19.5 Å². The van der Waals surface area contributed by atoms with E-state index in [-0.39, 0.29) is 6.42 Å². The molecule has 0 spiro atoms. The van der Waals surface area contributed by atoms with Crippen LogP contribution in [0.15, 0.2) is 0 Å². The molecule has 0 saturated carbocycles. The Bertz CT molecular complexity index is 346. The van der Waals surface area contributed by atoms with E-state index in [1.807, 2.05) is 10.2 Å². The molecule has 1 heterocycles. The number of nitrogens with two attached hydrogens (primary N) is 1. The van der Waals surface area contributed by atoms with Crippen LogP contribution in [0.4, 0.5) is 4.79 Å². The van der Waals surface area contributed by atoms with Gasteiger partial charge in [0.25, 0.3) is 0 Å². The van der Waals surface area contributed by atoms with Gasteiger partial charge >= 0.3 is 12.0 Å². The minimum atomic E-state index is -0.882. The third kappa shape index (κ3) is 5.69. The molecule has 1 saturated heterocycles. The molecule has 7 heteroatoms. The lowest BCUT2D eigenvalue weighted by Crippen LogP contribution is -2.45. The zero-order valence-electron chi connectivity index (χ0n) is 10.9. The van der Waals surface area contributed by atoms with E-state index in [0.717, 1.165) is 25.7 Å². The summed E-state index contributed by atoms with van der Waals surface area (Å²) < 4.78 is 0. The molecule has 1 unspecified atom stereocenters. The van der Waals surface area contributed by atoms with Crippen LogP contribution in [-0.2, 0) is 9.59 Å². The number of carboxylic acids is 1. The van der Waals surface area contributed by atoms with E-state index in [2.05, 4.69) is 0 Å². The Kier molecular flexibility index (Phi) is 6.27. The number of nitrogens with one attached hydrogen (secondary N) is 1. The smallest absolute Gasteiger partial charge is 0.320 e. The number of aliphatic carboxylic acids is 1. The average Bonchev–Trinajstić information content (AvgIpc) is 2.26. The van der Waals surface area contributed by atoms with Crippen LogP contribution < -0.4 is 11.1 Å². The summed E-state index contributed by atoms with van der Waals surface area (Å²) in [6.45, 7) is 0.997. The maximum absolute atomic E-state index is 11.3. The lowest BCUT2D eigenvalue weighted by Gasteiger charge is -2.30. The summed E-state index contributed by atoms with van der Waals surface area (Å²) in [5.74, 6) is -1.32. The molecule has 0 aromatic rings. The van der Waals surface area contributed by atoms with Gasteiger partial charge in [-0.25, -0.2) is 4.79 Å². The second-order valence-electron chi connectivity index (χ2n) is 4.76. The highest BCUT2D eigenvalue weighted by Gasteiger charge is 2.26. The van der Waals surface area contributed by atoms with Crippen molar-refractivity contribution in [2.45, 2.75) is 44.6 Å². The lowest BCUT2D eigenvalue weighted by atomic mass is 10.0. The van der Waals surface area contributed by atoms with Gasteiger partial charge in [0.05, 0.1) is 0 Å². The highest BCUT2D eigenvalue weighted by molar-refractivity contribution is 5.93. The molecule has 4 N–H and O–H groups in total. The van der Waals surface area contributed by atoms with E-state index < -0.39 is 23.9 Å². The van der Waals surface area contributed by atoms with Gasteiger partial charge in [-0.1, -0.05) is 19.3 Å². The van der Waals surface area contributed by atoms with Crippen molar-refractivity contribution >= 4 is 17.9 Å². The minimum absolute atomic E-state index is 0.0761. The van der Waals surface area contributed by atoms with Crippen LogP contribution in [0.25, 0.3) is 0 Å². The summed E-state index contributed by atoms with van der Waals surface area (Å²) in [6, 6.07) is -1.42. The van der Waals surface area contributed by atoms with Crippen molar-refractivity contribution in [3.05, 3.63) is 0 Å². The van der Waals surface area contributed by atoms with Crippen LogP contribution in [0.1, 0.15) is 38.5 Å². The van der Waals surface area contributed by atoms with Crippen LogP contribution in [0.2, 0.25) is 0 Å². The minimum Gasteiger partial charge on any atom is -0.480 e. The maximum Gasteiger partial charge on any atom is 0.320 e. The Hall–Kier alpha value is -1.63. The molecule has 0 radical (unpaired) electrons. The molecule has 1 fully saturated rings. The van der Waals surface area contributed by atoms with Crippen molar-refractivity contribution in [3.8, 4) is 0 Å². The highest BCUT2D eigenvalue weighted by Crippen LogP contribution is 2.17. The van der Waals surface area contributed by atoms with Gasteiger partial charge in [0.2, 0.25) is 5.91 Å². The fourth-order valence-corrected chi connectivity index (χ4v) is 2.34. The summed E-state index contributed by atoms with van der Waals surface area (Å²) in [5, 5.41) is 11.2.